The van der Waals surface area contributed by atoms with Gasteiger partial charge >= 0.3 is 0 Å². The number of nitro groups is 1. The molecule has 0 spiro atoms. The fourth-order valence-corrected chi connectivity index (χ4v) is 1.87. The molecule has 1 aliphatic carbocycles. The summed E-state index contributed by atoms with van der Waals surface area (Å²) in [5, 5.41) is 14.2. The molecule has 1 atom stereocenters. The van der Waals surface area contributed by atoms with Gasteiger partial charge in [-0.2, -0.15) is 0 Å². The Morgan fingerprint density at radius 1 is 1.56 bits per heavy atom. The van der Waals surface area contributed by atoms with Gasteiger partial charge in [0.2, 0.25) is 0 Å². The Hall–Kier alpha value is -1.29. The van der Waals surface area contributed by atoms with Gasteiger partial charge in [-0.15, -0.1) is 0 Å². The third kappa shape index (κ3) is 2.11. The molecule has 86 valence electrons. The van der Waals surface area contributed by atoms with Crippen LogP contribution in [-0.4, -0.2) is 11.0 Å². The maximum Gasteiger partial charge on any atom is 0.271 e. The van der Waals surface area contributed by atoms with Crippen LogP contribution < -0.4 is 5.32 Å². The van der Waals surface area contributed by atoms with Gasteiger partial charge in [0.25, 0.3) is 5.69 Å². The molecular formula is C11H13ClN2O2. The zero-order chi connectivity index (χ0) is 11.9. The van der Waals surface area contributed by atoms with Gasteiger partial charge < -0.3 is 5.32 Å². The first kappa shape index (κ1) is 11.2. The lowest BCUT2D eigenvalue weighted by Gasteiger charge is -2.09. The average Bonchev–Trinajstić information content (AvgIpc) is 2.77. The van der Waals surface area contributed by atoms with Crippen LogP contribution in [0, 0.1) is 15.5 Å². The van der Waals surface area contributed by atoms with E-state index in [0.29, 0.717) is 16.5 Å². The van der Waals surface area contributed by atoms with E-state index in [4.69, 9.17) is 11.6 Å². The highest BCUT2D eigenvalue weighted by atomic mass is 35.5. The van der Waals surface area contributed by atoms with Crippen LogP contribution >= 0.6 is 11.6 Å². The summed E-state index contributed by atoms with van der Waals surface area (Å²) in [5.41, 5.74) is 1.08. The Kier molecular flexibility index (Phi) is 2.54. The minimum Gasteiger partial charge on any atom is -0.381 e. The van der Waals surface area contributed by atoms with Crippen LogP contribution in [0.15, 0.2) is 18.2 Å². The second kappa shape index (κ2) is 3.63. The lowest BCUT2D eigenvalue weighted by Crippen LogP contribution is -2.08. The van der Waals surface area contributed by atoms with Crippen LogP contribution in [0.4, 0.5) is 11.4 Å². The van der Waals surface area contributed by atoms with Crippen molar-refractivity contribution in [2.24, 2.45) is 5.41 Å². The number of benzene rings is 1. The van der Waals surface area contributed by atoms with Crippen molar-refractivity contribution in [2.75, 3.05) is 5.32 Å². The predicted octanol–water partition coefficient (Wildman–Crippen LogP) is 3.46. The normalized spacial score (nSPS) is 21.6. The number of hydrogen-bond donors (Lipinski definition) is 1. The van der Waals surface area contributed by atoms with E-state index in [0.717, 1.165) is 12.1 Å². The molecule has 0 radical (unpaired) electrons. The van der Waals surface area contributed by atoms with E-state index in [2.05, 4.69) is 19.2 Å². The molecule has 0 bridgehead atoms. The van der Waals surface area contributed by atoms with Crippen molar-refractivity contribution >= 4 is 23.0 Å². The number of non-ortho nitro benzene ring substituents is 1. The topological polar surface area (TPSA) is 55.2 Å². The van der Waals surface area contributed by atoms with Crippen LogP contribution in [0.25, 0.3) is 0 Å². The van der Waals surface area contributed by atoms with Crippen LogP contribution in [-0.2, 0) is 0 Å². The predicted molar refractivity (Wildman–Crippen MR) is 63.9 cm³/mol. The molecule has 16 heavy (non-hydrogen) atoms. The Morgan fingerprint density at radius 2 is 2.19 bits per heavy atom. The molecule has 0 aliphatic heterocycles. The second-order valence-corrected chi connectivity index (χ2v) is 5.22. The molecular weight excluding hydrogens is 228 g/mol. The van der Waals surface area contributed by atoms with Crippen molar-refractivity contribution in [3.05, 3.63) is 33.3 Å². The first-order chi connectivity index (χ1) is 7.40. The fourth-order valence-electron chi connectivity index (χ4n) is 1.64. The maximum absolute atomic E-state index is 10.5. The van der Waals surface area contributed by atoms with Crippen molar-refractivity contribution < 1.29 is 4.92 Å². The van der Waals surface area contributed by atoms with E-state index in [1.165, 1.54) is 12.1 Å². The van der Waals surface area contributed by atoms with Crippen molar-refractivity contribution in [3.63, 3.8) is 0 Å². The summed E-state index contributed by atoms with van der Waals surface area (Å²) < 4.78 is 0. The van der Waals surface area contributed by atoms with Gasteiger partial charge in [0.15, 0.2) is 0 Å². The largest absolute Gasteiger partial charge is 0.381 e. The molecule has 5 heteroatoms. The van der Waals surface area contributed by atoms with E-state index in [-0.39, 0.29) is 5.69 Å². The van der Waals surface area contributed by atoms with Crippen LogP contribution in [0.5, 0.6) is 0 Å². The highest BCUT2D eigenvalue weighted by Crippen LogP contribution is 2.47. The Labute approximate surface area is 98.8 Å². The van der Waals surface area contributed by atoms with Gasteiger partial charge in [0.1, 0.15) is 0 Å². The molecule has 2 rings (SSSR count). The first-order valence-electron chi connectivity index (χ1n) is 5.10. The molecule has 1 aromatic carbocycles. The standard InChI is InChI=1S/C11H13ClN2O2/c1-11(2)6-10(11)13-9-4-3-7(14(15)16)5-8(9)12/h3-5,10,13H,6H2,1-2H3. The van der Waals surface area contributed by atoms with Gasteiger partial charge in [-0.05, 0) is 17.9 Å². The van der Waals surface area contributed by atoms with E-state index < -0.39 is 4.92 Å². The van der Waals surface area contributed by atoms with Crippen molar-refractivity contribution in [3.8, 4) is 0 Å². The summed E-state index contributed by atoms with van der Waals surface area (Å²) in [6, 6.07) is 4.91. The van der Waals surface area contributed by atoms with E-state index in [1.54, 1.807) is 6.07 Å². The zero-order valence-electron chi connectivity index (χ0n) is 9.16. The van der Waals surface area contributed by atoms with Crippen molar-refractivity contribution in [2.45, 2.75) is 26.3 Å². The SMILES string of the molecule is CC1(C)CC1Nc1ccc([N+](=O)[O-])cc1Cl. The summed E-state index contributed by atoms with van der Waals surface area (Å²) in [4.78, 5) is 10.1. The third-order valence-electron chi connectivity index (χ3n) is 3.01. The van der Waals surface area contributed by atoms with Gasteiger partial charge in [0.05, 0.1) is 15.6 Å². The average molecular weight is 241 g/mol. The van der Waals surface area contributed by atoms with E-state index >= 15 is 0 Å². The first-order valence-corrected chi connectivity index (χ1v) is 5.48. The molecule has 1 N–H and O–H groups in total. The number of rotatable bonds is 3. The second-order valence-electron chi connectivity index (χ2n) is 4.81. The molecule has 1 aliphatic rings. The summed E-state index contributed by atoms with van der Waals surface area (Å²) >= 11 is 5.97. The third-order valence-corrected chi connectivity index (χ3v) is 3.32. The number of halogens is 1. The number of anilines is 1. The van der Waals surface area contributed by atoms with Gasteiger partial charge in [-0.3, -0.25) is 10.1 Å². The number of nitro benzene ring substituents is 1. The molecule has 1 fully saturated rings. The van der Waals surface area contributed by atoms with Gasteiger partial charge in [-0.25, -0.2) is 0 Å². The fraction of sp³-hybridized carbons (Fsp3) is 0.455. The van der Waals surface area contributed by atoms with Gasteiger partial charge in [0, 0.05) is 18.2 Å². The molecule has 0 aromatic heterocycles. The number of nitrogens with zero attached hydrogens (tertiary/aromatic N) is 1. The molecule has 1 unspecified atom stereocenters. The van der Waals surface area contributed by atoms with Crippen LogP contribution in [0.2, 0.25) is 5.02 Å². The Morgan fingerprint density at radius 3 is 2.62 bits per heavy atom. The Bertz CT molecular complexity index is 446. The molecule has 0 saturated heterocycles. The molecule has 1 aromatic rings. The zero-order valence-corrected chi connectivity index (χ0v) is 9.91. The minimum atomic E-state index is -0.448. The monoisotopic (exact) mass is 240 g/mol. The summed E-state index contributed by atoms with van der Waals surface area (Å²) in [6.45, 7) is 4.34. The lowest BCUT2D eigenvalue weighted by molar-refractivity contribution is -0.384. The minimum absolute atomic E-state index is 0.0191. The van der Waals surface area contributed by atoms with Crippen molar-refractivity contribution in [1.82, 2.24) is 0 Å². The van der Waals surface area contributed by atoms with Crippen LogP contribution in [0.1, 0.15) is 20.3 Å². The quantitative estimate of drug-likeness (QED) is 0.650. The molecule has 0 heterocycles. The maximum atomic E-state index is 10.5. The summed E-state index contributed by atoms with van der Waals surface area (Å²) in [6.07, 6.45) is 1.10. The lowest BCUT2D eigenvalue weighted by atomic mass is 10.2. The highest BCUT2D eigenvalue weighted by molar-refractivity contribution is 6.33. The van der Waals surface area contributed by atoms with Gasteiger partial charge in [-0.1, -0.05) is 25.4 Å². The van der Waals surface area contributed by atoms with E-state index in [9.17, 15) is 10.1 Å². The summed E-state index contributed by atoms with van der Waals surface area (Å²) in [5.74, 6) is 0. The molecule has 1 saturated carbocycles. The summed E-state index contributed by atoms with van der Waals surface area (Å²) in [7, 11) is 0. The van der Waals surface area contributed by atoms with Crippen LogP contribution in [0.3, 0.4) is 0 Å². The Balaban J connectivity index is 2.14. The smallest absolute Gasteiger partial charge is 0.271 e. The molecule has 4 nitrogen and oxygen atoms in total. The number of nitrogens with one attached hydrogen (secondary N) is 1. The number of hydrogen-bond acceptors (Lipinski definition) is 3. The van der Waals surface area contributed by atoms with Crippen molar-refractivity contribution in [1.29, 1.82) is 0 Å². The molecule has 0 amide bonds. The highest BCUT2D eigenvalue weighted by Gasteiger charge is 2.45. The van der Waals surface area contributed by atoms with E-state index in [1.807, 2.05) is 0 Å².